The molecule has 2 unspecified atom stereocenters. The predicted molar refractivity (Wildman–Crippen MR) is 65.4 cm³/mol. The van der Waals surface area contributed by atoms with E-state index < -0.39 is 24.1 Å². The maximum Gasteiger partial charge on any atom is 0.338 e. The van der Waals surface area contributed by atoms with Gasteiger partial charge in [-0.15, -0.1) is 0 Å². The van der Waals surface area contributed by atoms with Crippen molar-refractivity contribution < 1.29 is 34.8 Å². The summed E-state index contributed by atoms with van der Waals surface area (Å²) >= 11 is 0. The largest absolute Gasteiger partial charge is 0.479 e. The first-order valence-electron chi connectivity index (χ1n) is 6.37. The number of hydrogen-bond donors (Lipinski definition) is 4. The molecule has 0 aromatic carbocycles. The zero-order valence-electron chi connectivity index (χ0n) is 10.8. The van der Waals surface area contributed by atoms with E-state index in [2.05, 4.69) is 4.74 Å². The molecule has 112 valence electrons. The lowest BCUT2D eigenvalue weighted by molar-refractivity contribution is -0.169. The van der Waals surface area contributed by atoms with Gasteiger partial charge in [0.2, 0.25) is 0 Å². The molecule has 0 aliphatic carbocycles. The Labute approximate surface area is 111 Å². The Balaban J connectivity index is 3.55. The van der Waals surface area contributed by atoms with E-state index in [4.69, 9.17) is 20.4 Å². The second-order valence-electron chi connectivity index (χ2n) is 4.24. The summed E-state index contributed by atoms with van der Waals surface area (Å²) in [7, 11) is 0. The minimum atomic E-state index is -2.16. The van der Waals surface area contributed by atoms with Crippen molar-refractivity contribution in [2.45, 2.75) is 50.7 Å². The molecule has 0 aliphatic rings. The van der Waals surface area contributed by atoms with Gasteiger partial charge in [-0.2, -0.15) is 0 Å². The monoisotopic (exact) mass is 278 g/mol. The third kappa shape index (κ3) is 8.52. The van der Waals surface area contributed by atoms with Crippen LogP contribution in [0.3, 0.4) is 0 Å². The Hall–Kier alpha value is -1.18. The van der Waals surface area contributed by atoms with E-state index in [1.54, 1.807) is 0 Å². The fraction of sp³-hybridized carbons (Fsp3) is 0.833. The van der Waals surface area contributed by atoms with Crippen LogP contribution in [0, 0.1) is 0 Å². The van der Waals surface area contributed by atoms with Gasteiger partial charge in [0.25, 0.3) is 0 Å². The summed E-state index contributed by atoms with van der Waals surface area (Å²) in [6.07, 6.45) is 0.936. The number of carbonyl (C=O) groups excluding carboxylic acids is 1. The highest BCUT2D eigenvalue weighted by Gasteiger charge is 2.31. The standard InChI is InChI=1S/C12H22O7/c13-7-5-3-1-2-4-6-8-19-12(18)10(15)9(14)11(16)17/h9-10,13-15H,1-8H2,(H,16,17). The highest BCUT2D eigenvalue weighted by atomic mass is 16.5. The van der Waals surface area contributed by atoms with Crippen LogP contribution in [-0.2, 0) is 14.3 Å². The van der Waals surface area contributed by atoms with Crippen molar-refractivity contribution in [1.29, 1.82) is 0 Å². The normalized spacial score (nSPS) is 13.8. The molecule has 0 amide bonds. The van der Waals surface area contributed by atoms with Crippen molar-refractivity contribution in [3.05, 3.63) is 0 Å². The van der Waals surface area contributed by atoms with Crippen LogP contribution in [0.4, 0.5) is 0 Å². The first-order chi connectivity index (χ1) is 9.00. The van der Waals surface area contributed by atoms with Crippen molar-refractivity contribution in [1.82, 2.24) is 0 Å². The van der Waals surface area contributed by atoms with Gasteiger partial charge in [-0.25, -0.2) is 9.59 Å². The number of ether oxygens (including phenoxy) is 1. The lowest BCUT2D eigenvalue weighted by Crippen LogP contribution is -2.40. The number of carboxylic acids is 1. The van der Waals surface area contributed by atoms with Crippen LogP contribution < -0.4 is 0 Å². The molecule has 0 fully saturated rings. The van der Waals surface area contributed by atoms with E-state index in [1.807, 2.05) is 0 Å². The number of aliphatic hydroxyl groups excluding tert-OH is 3. The van der Waals surface area contributed by atoms with Crippen LogP contribution in [0.5, 0.6) is 0 Å². The Morgan fingerprint density at radius 3 is 1.95 bits per heavy atom. The lowest BCUT2D eigenvalue weighted by atomic mass is 10.1. The van der Waals surface area contributed by atoms with Gasteiger partial charge in [0, 0.05) is 6.61 Å². The fourth-order valence-electron chi connectivity index (χ4n) is 1.44. The molecule has 0 rings (SSSR count). The molecular formula is C12H22O7. The number of aliphatic hydroxyl groups is 3. The molecule has 0 aromatic heterocycles. The number of unbranched alkanes of at least 4 members (excludes halogenated alkanes) is 5. The minimum absolute atomic E-state index is 0.0855. The first kappa shape index (κ1) is 17.8. The van der Waals surface area contributed by atoms with Crippen molar-refractivity contribution in [3.8, 4) is 0 Å². The summed E-state index contributed by atoms with van der Waals surface area (Å²) in [6, 6.07) is 0. The predicted octanol–water partition coefficient (Wildman–Crippen LogP) is -0.331. The van der Waals surface area contributed by atoms with Crippen LogP contribution in [0.25, 0.3) is 0 Å². The van der Waals surface area contributed by atoms with E-state index in [0.29, 0.717) is 6.42 Å². The summed E-state index contributed by atoms with van der Waals surface area (Å²) in [6.45, 7) is 0.281. The average molecular weight is 278 g/mol. The van der Waals surface area contributed by atoms with Gasteiger partial charge >= 0.3 is 11.9 Å². The van der Waals surface area contributed by atoms with E-state index in [1.165, 1.54) is 0 Å². The van der Waals surface area contributed by atoms with E-state index in [9.17, 15) is 9.59 Å². The van der Waals surface area contributed by atoms with Crippen LogP contribution >= 0.6 is 0 Å². The molecule has 0 saturated carbocycles. The van der Waals surface area contributed by atoms with Gasteiger partial charge in [0.05, 0.1) is 6.61 Å². The molecule has 0 aromatic rings. The molecule has 0 heterocycles. The van der Waals surface area contributed by atoms with Gasteiger partial charge in [-0.05, 0) is 12.8 Å². The average Bonchev–Trinajstić information content (AvgIpc) is 2.39. The number of esters is 1. The van der Waals surface area contributed by atoms with Crippen LogP contribution in [0.1, 0.15) is 38.5 Å². The molecule has 0 aliphatic heterocycles. The zero-order valence-corrected chi connectivity index (χ0v) is 10.8. The highest BCUT2D eigenvalue weighted by molar-refractivity contribution is 5.84. The van der Waals surface area contributed by atoms with Gasteiger partial charge in [-0.1, -0.05) is 25.7 Å². The van der Waals surface area contributed by atoms with Gasteiger partial charge in [-0.3, -0.25) is 0 Å². The Kier molecular flexibility index (Phi) is 10.1. The van der Waals surface area contributed by atoms with Crippen LogP contribution in [0.2, 0.25) is 0 Å². The van der Waals surface area contributed by atoms with Gasteiger partial charge in [0.15, 0.2) is 12.2 Å². The van der Waals surface area contributed by atoms with Crippen molar-refractivity contribution in [3.63, 3.8) is 0 Å². The third-order valence-electron chi connectivity index (χ3n) is 2.59. The molecule has 0 spiro atoms. The Morgan fingerprint density at radius 2 is 1.42 bits per heavy atom. The van der Waals surface area contributed by atoms with Crippen molar-refractivity contribution in [2.75, 3.05) is 13.2 Å². The summed E-state index contributed by atoms with van der Waals surface area (Å²) < 4.78 is 4.65. The highest BCUT2D eigenvalue weighted by Crippen LogP contribution is 2.06. The van der Waals surface area contributed by atoms with Crippen molar-refractivity contribution in [2.24, 2.45) is 0 Å². The summed E-state index contributed by atoms with van der Waals surface area (Å²) in [4.78, 5) is 21.5. The zero-order chi connectivity index (χ0) is 14.7. The number of aliphatic carboxylic acids is 1. The molecule has 0 bridgehead atoms. The Bertz CT molecular complexity index is 267. The summed E-state index contributed by atoms with van der Waals surface area (Å²) in [5.74, 6) is -2.80. The number of carboxylic acid groups (broad SMARTS) is 1. The molecular weight excluding hydrogens is 256 g/mol. The van der Waals surface area contributed by atoms with E-state index in [0.717, 1.165) is 32.1 Å². The van der Waals surface area contributed by atoms with Gasteiger partial charge < -0.3 is 25.2 Å². The number of carbonyl (C=O) groups is 2. The van der Waals surface area contributed by atoms with Crippen LogP contribution in [0.15, 0.2) is 0 Å². The smallest absolute Gasteiger partial charge is 0.338 e. The quantitative estimate of drug-likeness (QED) is 0.301. The van der Waals surface area contributed by atoms with E-state index >= 15 is 0 Å². The summed E-state index contributed by atoms with van der Waals surface area (Å²) in [5, 5.41) is 35.0. The molecule has 2 atom stereocenters. The topological polar surface area (TPSA) is 124 Å². The summed E-state index contributed by atoms with van der Waals surface area (Å²) in [5.41, 5.74) is 0. The SMILES string of the molecule is O=C(O)C(O)C(O)C(=O)OCCCCCCCCO. The molecule has 4 N–H and O–H groups in total. The molecule has 0 radical (unpaired) electrons. The molecule has 7 nitrogen and oxygen atoms in total. The first-order valence-corrected chi connectivity index (χ1v) is 6.37. The van der Waals surface area contributed by atoms with Gasteiger partial charge in [0.1, 0.15) is 0 Å². The number of rotatable bonds is 11. The van der Waals surface area contributed by atoms with Crippen molar-refractivity contribution >= 4 is 11.9 Å². The molecule has 0 saturated heterocycles. The second kappa shape index (κ2) is 10.7. The lowest BCUT2D eigenvalue weighted by Gasteiger charge is -2.13. The number of hydrogen-bond acceptors (Lipinski definition) is 6. The fourth-order valence-corrected chi connectivity index (χ4v) is 1.44. The maximum atomic E-state index is 11.1. The minimum Gasteiger partial charge on any atom is -0.479 e. The molecule has 19 heavy (non-hydrogen) atoms. The second-order valence-corrected chi connectivity index (χ2v) is 4.24. The van der Waals surface area contributed by atoms with Crippen LogP contribution in [-0.4, -0.2) is 57.8 Å². The third-order valence-corrected chi connectivity index (χ3v) is 2.59. The maximum absolute atomic E-state index is 11.1. The Morgan fingerprint density at radius 1 is 0.895 bits per heavy atom. The van der Waals surface area contributed by atoms with E-state index in [-0.39, 0.29) is 13.2 Å². The molecule has 7 heteroatoms.